The van der Waals surface area contributed by atoms with Gasteiger partial charge in [0.25, 0.3) is 0 Å². The molecular formula is C10H12OS. The molecule has 1 saturated carbocycles. The quantitative estimate of drug-likeness (QED) is 0.654. The fourth-order valence-electron chi connectivity index (χ4n) is 1.39. The topological polar surface area (TPSA) is 17.1 Å². The van der Waals surface area contributed by atoms with Gasteiger partial charge < -0.3 is 0 Å². The molecule has 0 amide bonds. The molecule has 1 aromatic heterocycles. The van der Waals surface area contributed by atoms with Crippen molar-refractivity contribution in [1.29, 1.82) is 0 Å². The maximum atomic E-state index is 10.5. The van der Waals surface area contributed by atoms with E-state index < -0.39 is 0 Å². The number of hydrogen-bond donors (Lipinski definition) is 0. The van der Waals surface area contributed by atoms with Gasteiger partial charge in [0.1, 0.15) is 0 Å². The average Bonchev–Trinajstić information content (AvgIpc) is 2.78. The van der Waals surface area contributed by atoms with Crippen molar-refractivity contribution < 1.29 is 4.79 Å². The van der Waals surface area contributed by atoms with Gasteiger partial charge in [0, 0.05) is 4.88 Å². The van der Waals surface area contributed by atoms with Crippen molar-refractivity contribution >= 4 is 17.6 Å². The van der Waals surface area contributed by atoms with Crippen LogP contribution in [0.5, 0.6) is 0 Å². The van der Waals surface area contributed by atoms with E-state index >= 15 is 0 Å². The van der Waals surface area contributed by atoms with Gasteiger partial charge in [-0.3, -0.25) is 4.79 Å². The van der Waals surface area contributed by atoms with Crippen LogP contribution in [0.3, 0.4) is 0 Å². The fourth-order valence-corrected chi connectivity index (χ4v) is 2.50. The number of aryl methyl sites for hydroxylation is 1. The number of carbonyl (C=O) groups is 1. The van der Waals surface area contributed by atoms with E-state index in [1.165, 1.54) is 29.7 Å². The smallest absolute Gasteiger partial charge is 0.160 e. The number of rotatable bonds is 3. The summed E-state index contributed by atoms with van der Waals surface area (Å²) in [6, 6.07) is 2.00. The van der Waals surface area contributed by atoms with Crippen LogP contribution in [0.4, 0.5) is 0 Å². The second-order valence-electron chi connectivity index (χ2n) is 3.52. The first-order chi connectivity index (χ1) is 5.79. The van der Waals surface area contributed by atoms with Crippen LogP contribution in [0, 0.1) is 12.8 Å². The third-order valence-electron chi connectivity index (χ3n) is 2.33. The van der Waals surface area contributed by atoms with Crippen LogP contribution < -0.4 is 0 Å². The number of aldehydes is 1. The number of hydrogen-bond acceptors (Lipinski definition) is 2. The van der Waals surface area contributed by atoms with E-state index in [1.54, 1.807) is 11.3 Å². The molecule has 2 rings (SSSR count). The zero-order chi connectivity index (χ0) is 8.55. The summed E-state index contributed by atoms with van der Waals surface area (Å²) in [6.07, 6.45) is 4.92. The first-order valence-corrected chi connectivity index (χ1v) is 5.15. The van der Waals surface area contributed by atoms with E-state index in [2.05, 4.69) is 6.92 Å². The highest BCUT2D eigenvalue weighted by atomic mass is 32.1. The molecule has 0 radical (unpaired) electrons. The van der Waals surface area contributed by atoms with Gasteiger partial charge in [0.2, 0.25) is 0 Å². The summed E-state index contributed by atoms with van der Waals surface area (Å²) in [4.78, 5) is 12.8. The Morgan fingerprint density at radius 2 is 2.42 bits per heavy atom. The van der Waals surface area contributed by atoms with Gasteiger partial charge in [-0.15, -0.1) is 11.3 Å². The molecule has 64 valence electrons. The number of thiophene rings is 1. The molecule has 1 fully saturated rings. The Morgan fingerprint density at radius 1 is 1.67 bits per heavy atom. The van der Waals surface area contributed by atoms with Crippen molar-refractivity contribution in [2.75, 3.05) is 0 Å². The lowest BCUT2D eigenvalue weighted by Crippen LogP contribution is -1.83. The molecule has 1 heterocycles. The third kappa shape index (κ3) is 1.58. The van der Waals surface area contributed by atoms with Crippen LogP contribution in [-0.4, -0.2) is 6.29 Å². The van der Waals surface area contributed by atoms with Crippen molar-refractivity contribution in [3.05, 3.63) is 21.4 Å². The molecule has 0 saturated heterocycles. The largest absolute Gasteiger partial charge is 0.297 e. The monoisotopic (exact) mass is 180 g/mol. The van der Waals surface area contributed by atoms with Gasteiger partial charge in [0.15, 0.2) is 6.29 Å². The summed E-state index contributed by atoms with van der Waals surface area (Å²) >= 11 is 1.66. The Hall–Kier alpha value is -0.630. The first kappa shape index (κ1) is 7.99. The number of carbonyl (C=O) groups excluding carboxylic acids is 1. The minimum atomic E-state index is 0.878. The molecule has 0 unspecified atom stereocenters. The maximum absolute atomic E-state index is 10.5. The molecule has 0 N–H and O–H groups in total. The van der Waals surface area contributed by atoms with E-state index in [9.17, 15) is 4.79 Å². The summed E-state index contributed by atoms with van der Waals surface area (Å²) < 4.78 is 0. The van der Waals surface area contributed by atoms with Crippen LogP contribution in [0.1, 0.15) is 33.0 Å². The first-order valence-electron chi connectivity index (χ1n) is 4.34. The van der Waals surface area contributed by atoms with E-state index in [1.807, 2.05) is 6.07 Å². The van der Waals surface area contributed by atoms with E-state index in [-0.39, 0.29) is 0 Å². The Balaban J connectivity index is 2.17. The standard InChI is InChI=1S/C10H12OS/c1-7-4-9(6-11)12-10(7)5-8-2-3-8/h4,6,8H,2-3,5H2,1H3. The van der Waals surface area contributed by atoms with Crippen molar-refractivity contribution in [1.82, 2.24) is 0 Å². The van der Waals surface area contributed by atoms with Crippen molar-refractivity contribution in [3.63, 3.8) is 0 Å². The zero-order valence-corrected chi connectivity index (χ0v) is 7.99. The molecule has 0 bridgehead atoms. The van der Waals surface area contributed by atoms with Gasteiger partial charge in [-0.25, -0.2) is 0 Å². The molecule has 2 heteroatoms. The second kappa shape index (κ2) is 3.02. The van der Waals surface area contributed by atoms with Crippen LogP contribution in [0.15, 0.2) is 6.07 Å². The van der Waals surface area contributed by atoms with Gasteiger partial charge in [-0.2, -0.15) is 0 Å². The normalized spacial score (nSPS) is 16.4. The summed E-state index contributed by atoms with van der Waals surface area (Å²) in [5.41, 5.74) is 1.30. The Bertz CT molecular complexity index is 297. The molecule has 1 aromatic rings. The molecule has 0 aromatic carbocycles. The van der Waals surface area contributed by atoms with E-state index in [4.69, 9.17) is 0 Å². The third-order valence-corrected chi connectivity index (χ3v) is 3.51. The summed E-state index contributed by atoms with van der Waals surface area (Å²) in [5.74, 6) is 0.918. The minimum absolute atomic E-state index is 0.878. The Labute approximate surface area is 76.4 Å². The van der Waals surface area contributed by atoms with Gasteiger partial charge in [-0.05, 0) is 43.7 Å². The SMILES string of the molecule is Cc1cc(C=O)sc1CC1CC1. The summed E-state index contributed by atoms with van der Waals surface area (Å²) in [5, 5.41) is 0. The lowest BCUT2D eigenvalue weighted by atomic mass is 10.2. The van der Waals surface area contributed by atoms with Crippen LogP contribution in [0.2, 0.25) is 0 Å². The molecular weight excluding hydrogens is 168 g/mol. The average molecular weight is 180 g/mol. The molecule has 1 nitrogen and oxygen atoms in total. The highest BCUT2D eigenvalue weighted by molar-refractivity contribution is 7.13. The van der Waals surface area contributed by atoms with Crippen LogP contribution in [-0.2, 0) is 6.42 Å². The van der Waals surface area contributed by atoms with Crippen LogP contribution >= 0.6 is 11.3 Å². The lowest BCUT2D eigenvalue weighted by molar-refractivity contribution is 0.112. The highest BCUT2D eigenvalue weighted by Gasteiger charge is 2.23. The predicted molar refractivity (Wildman–Crippen MR) is 50.9 cm³/mol. The summed E-state index contributed by atoms with van der Waals surface area (Å²) in [6.45, 7) is 2.10. The highest BCUT2D eigenvalue weighted by Crippen LogP contribution is 2.35. The minimum Gasteiger partial charge on any atom is -0.297 e. The van der Waals surface area contributed by atoms with Crippen molar-refractivity contribution in [2.45, 2.75) is 26.2 Å². The summed E-state index contributed by atoms with van der Waals surface area (Å²) in [7, 11) is 0. The van der Waals surface area contributed by atoms with Gasteiger partial charge >= 0.3 is 0 Å². The molecule has 0 spiro atoms. The van der Waals surface area contributed by atoms with E-state index in [0.717, 1.165) is 17.1 Å². The van der Waals surface area contributed by atoms with Crippen molar-refractivity contribution in [2.24, 2.45) is 5.92 Å². The second-order valence-corrected chi connectivity index (χ2v) is 4.69. The lowest BCUT2D eigenvalue weighted by Gasteiger charge is -1.94. The molecule has 12 heavy (non-hydrogen) atoms. The predicted octanol–water partition coefficient (Wildman–Crippen LogP) is 2.82. The van der Waals surface area contributed by atoms with E-state index in [0.29, 0.717) is 0 Å². The molecule has 0 aliphatic heterocycles. The van der Waals surface area contributed by atoms with Gasteiger partial charge in [0.05, 0.1) is 4.88 Å². The molecule has 1 aliphatic rings. The maximum Gasteiger partial charge on any atom is 0.160 e. The Kier molecular flexibility index (Phi) is 2.01. The van der Waals surface area contributed by atoms with Gasteiger partial charge in [-0.1, -0.05) is 0 Å². The van der Waals surface area contributed by atoms with Crippen LogP contribution in [0.25, 0.3) is 0 Å². The zero-order valence-electron chi connectivity index (χ0n) is 7.17. The molecule has 1 aliphatic carbocycles. The van der Waals surface area contributed by atoms with Crippen molar-refractivity contribution in [3.8, 4) is 0 Å². The molecule has 0 atom stereocenters. The Morgan fingerprint density at radius 3 is 2.92 bits per heavy atom. The fraction of sp³-hybridized carbons (Fsp3) is 0.500.